The average Bonchev–Trinajstić information content (AvgIpc) is 3.50. The highest BCUT2D eigenvalue weighted by Gasteiger charge is 2.52. The molecule has 0 saturated heterocycles. The van der Waals surface area contributed by atoms with Gasteiger partial charge in [0.25, 0.3) is 0 Å². The van der Waals surface area contributed by atoms with Crippen molar-refractivity contribution in [1.29, 1.82) is 0 Å². The lowest BCUT2D eigenvalue weighted by molar-refractivity contribution is -0.151. The Morgan fingerprint density at radius 3 is 2.43 bits per heavy atom. The van der Waals surface area contributed by atoms with Crippen LogP contribution in [-0.4, -0.2) is 36.1 Å². The van der Waals surface area contributed by atoms with E-state index < -0.39 is 17.8 Å². The second kappa shape index (κ2) is 8.26. The fourth-order valence-corrected chi connectivity index (χ4v) is 4.71. The van der Waals surface area contributed by atoms with Crippen molar-refractivity contribution in [3.63, 3.8) is 0 Å². The summed E-state index contributed by atoms with van der Waals surface area (Å²) < 4.78 is 16.1. The van der Waals surface area contributed by atoms with Crippen LogP contribution in [0, 0.1) is 23.7 Å². The average molecular weight is 411 g/mol. The molecule has 0 aliphatic heterocycles. The summed E-state index contributed by atoms with van der Waals surface area (Å²) in [6.07, 6.45) is 6.22. The summed E-state index contributed by atoms with van der Waals surface area (Å²) in [4.78, 5) is 27.2. The summed E-state index contributed by atoms with van der Waals surface area (Å²) in [5.74, 6) is -0.596. The third kappa shape index (κ3) is 3.67. The molecule has 2 aliphatic carbocycles. The van der Waals surface area contributed by atoms with Gasteiger partial charge in [0.1, 0.15) is 5.76 Å². The molecule has 30 heavy (non-hydrogen) atoms. The molecule has 158 valence electrons. The maximum Gasteiger partial charge on any atom is 0.307 e. The van der Waals surface area contributed by atoms with E-state index in [1.54, 1.807) is 37.5 Å². The third-order valence-electron chi connectivity index (χ3n) is 6.09. The third-order valence-corrected chi connectivity index (χ3v) is 6.09. The number of carbonyl (C=O) groups excluding carboxylic acids is 1. The number of ether oxygens (including phenoxy) is 2. The Morgan fingerprint density at radius 2 is 1.80 bits per heavy atom. The van der Waals surface area contributed by atoms with Crippen LogP contribution in [0.5, 0.6) is 11.5 Å². The number of aliphatic carboxylic acids is 1. The fraction of sp³-hybridized carbons (Fsp3) is 0.391. The molecule has 1 aromatic heterocycles. The van der Waals surface area contributed by atoms with Gasteiger partial charge in [-0.2, -0.15) is 0 Å². The molecule has 4 unspecified atom stereocenters. The van der Waals surface area contributed by atoms with Crippen molar-refractivity contribution in [2.24, 2.45) is 23.7 Å². The van der Waals surface area contributed by atoms with E-state index in [0.717, 1.165) is 12.0 Å². The van der Waals surface area contributed by atoms with E-state index in [2.05, 4.69) is 0 Å². The number of benzene rings is 1. The van der Waals surface area contributed by atoms with Gasteiger partial charge >= 0.3 is 5.97 Å². The highest BCUT2D eigenvalue weighted by Crippen LogP contribution is 2.49. The monoisotopic (exact) mass is 411 g/mol. The number of allylic oxidation sites excluding steroid dienone is 2. The summed E-state index contributed by atoms with van der Waals surface area (Å²) in [5, 5.41) is 9.76. The predicted molar refractivity (Wildman–Crippen MR) is 108 cm³/mol. The summed E-state index contributed by atoms with van der Waals surface area (Å²) in [5.41, 5.74) is 0.859. The van der Waals surface area contributed by atoms with Gasteiger partial charge in [0, 0.05) is 6.54 Å². The highest BCUT2D eigenvalue weighted by molar-refractivity contribution is 5.87. The Hall–Kier alpha value is -3.22. The molecule has 0 radical (unpaired) electrons. The second-order valence-corrected chi connectivity index (χ2v) is 7.80. The Balaban J connectivity index is 1.62. The Morgan fingerprint density at radius 1 is 1.07 bits per heavy atom. The topological polar surface area (TPSA) is 89.2 Å². The molecule has 7 heteroatoms. The minimum atomic E-state index is -0.908. The van der Waals surface area contributed by atoms with Crippen molar-refractivity contribution in [3.8, 4) is 11.5 Å². The lowest BCUT2D eigenvalue weighted by atomic mass is 9.82. The van der Waals surface area contributed by atoms with Crippen molar-refractivity contribution in [2.75, 3.05) is 14.2 Å². The molecular formula is C23H25NO6. The van der Waals surface area contributed by atoms with Crippen molar-refractivity contribution in [1.82, 2.24) is 4.90 Å². The lowest BCUT2D eigenvalue weighted by Gasteiger charge is -2.30. The van der Waals surface area contributed by atoms with Gasteiger partial charge in [0.15, 0.2) is 11.5 Å². The van der Waals surface area contributed by atoms with Crippen LogP contribution in [0.4, 0.5) is 0 Å². The van der Waals surface area contributed by atoms with Crippen LogP contribution in [0.2, 0.25) is 0 Å². The normalized spacial score (nSPS) is 24.1. The van der Waals surface area contributed by atoms with Gasteiger partial charge in [-0.3, -0.25) is 9.59 Å². The molecule has 1 aromatic carbocycles. The molecule has 2 aliphatic rings. The van der Waals surface area contributed by atoms with E-state index in [-0.39, 0.29) is 24.3 Å². The largest absolute Gasteiger partial charge is 0.493 e. The van der Waals surface area contributed by atoms with Gasteiger partial charge in [-0.25, -0.2) is 0 Å². The first kappa shape index (κ1) is 20.1. The molecule has 1 N–H and O–H groups in total. The minimum absolute atomic E-state index is 0.0342. The minimum Gasteiger partial charge on any atom is -0.493 e. The van der Waals surface area contributed by atoms with Gasteiger partial charge in [-0.1, -0.05) is 18.2 Å². The number of carboxylic acids is 1. The summed E-state index contributed by atoms with van der Waals surface area (Å²) in [7, 11) is 3.13. The Kier molecular flexibility index (Phi) is 5.53. The summed E-state index contributed by atoms with van der Waals surface area (Å²) in [6, 6.07) is 9.08. The number of methoxy groups -OCH3 is 2. The molecule has 2 aromatic rings. The van der Waals surface area contributed by atoms with Gasteiger partial charge in [-0.15, -0.1) is 0 Å². The molecule has 2 bridgehead atoms. The van der Waals surface area contributed by atoms with Crippen LogP contribution in [0.15, 0.2) is 53.2 Å². The first-order chi connectivity index (χ1) is 14.5. The molecule has 4 rings (SSSR count). The molecule has 1 fully saturated rings. The summed E-state index contributed by atoms with van der Waals surface area (Å²) in [6.45, 7) is 0.577. The number of fused-ring (bicyclic) bond motifs is 2. The van der Waals surface area contributed by atoms with E-state index >= 15 is 0 Å². The smallest absolute Gasteiger partial charge is 0.307 e. The first-order valence-corrected chi connectivity index (χ1v) is 9.95. The highest BCUT2D eigenvalue weighted by atomic mass is 16.5. The zero-order chi connectivity index (χ0) is 21.3. The fourth-order valence-electron chi connectivity index (χ4n) is 4.71. The van der Waals surface area contributed by atoms with Crippen molar-refractivity contribution < 1.29 is 28.6 Å². The second-order valence-electron chi connectivity index (χ2n) is 7.80. The Labute approximate surface area is 174 Å². The van der Waals surface area contributed by atoms with Gasteiger partial charge in [0.05, 0.1) is 38.9 Å². The lowest BCUT2D eigenvalue weighted by Crippen LogP contribution is -2.42. The number of carboxylic acid groups (broad SMARTS) is 1. The van der Waals surface area contributed by atoms with Crippen LogP contribution >= 0.6 is 0 Å². The molecule has 1 saturated carbocycles. The number of hydrogen-bond donors (Lipinski definition) is 1. The van der Waals surface area contributed by atoms with Crippen LogP contribution in [0.1, 0.15) is 17.7 Å². The number of furan rings is 1. The predicted octanol–water partition coefficient (Wildman–Crippen LogP) is 3.35. The maximum absolute atomic E-state index is 13.6. The molecule has 1 heterocycles. The zero-order valence-electron chi connectivity index (χ0n) is 17.0. The van der Waals surface area contributed by atoms with Crippen molar-refractivity contribution in [3.05, 3.63) is 60.1 Å². The SMILES string of the molecule is COc1ccc(CN(Cc2ccco2)C(=O)C2C3C=CC(C3)C2C(=O)O)cc1OC. The van der Waals surface area contributed by atoms with E-state index in [1.165, 1.54) is 0 Å². The molecular weight excluding hydrogens is 386 g/mol. The van der Waals surface area contributed by atoms with E-state index in [9.17, 15) is 14.7 Å². The van der Waals surface area contributed by atoms with Crippen molar-refractivity contribution >= 4 is 11.9 Å². The van der Waals surface area contributed by atoms with E-state index in [4.69, 9.17) is 13.9 Å². The van der Waals surface area contributed by atoms with Gasteiger partial charge < -0.3 is 23.9 Å². The first-order valence-electron chi connectivity index (χ1n) is 9.95. The number of carbonyl (C=O) groups is 2. The number of rotatable bonds is 8. The van der Waals surface area contributed by atoms with Gasteiger partial charge in [-0.05, 0) is 48.1 Å². The maximum atomic E-state index is 13.6. The Bertz CT molecular complexity index is 951. The number of hydrogen-bond acceptors (Lipinski definition) is 5. The van der Waals surface area contributed by atoms with Crippen LogP contribution in [0.3, 0.4) is 0 Å². The standard InChI is InChI=1S/C23H25NO6/c1-28-18-8-5-14(10-19(18)29-2)12-24(13-17-4-3-9-30-17)22(25)20-15-6-7-16(11-15)21(20)23(26)27/h3-10,15-16,20-21H,11-13H2,1-2H3,(H,26,27). The quantitative estimate of drug-likeness (QED) is 0.670. The van der Waals surface area contributed by atoms with Crippen LogP contribution in [-0.2, 0) is 22.7 Å². The van der Waals surface area contributed by atoms with Crippen LogP contribution < -0.4 is 9.47 Å². The molecule has 0 spiro atoms. The van der Waals surface area contributed by atoms with Gasteiger partial charge in [0.2, 0.25) is 5.91 Å². The molecule has 7 nitrogen and oxygen atoms in total. The van der Waals surface area contributed by atoms with E-state index in [0.29, 0.717) is 23.8 Å². The number of nitrogens with zero attached hydrogens (tertiary/aromatic N) is 1. The van der Waals surface area contributed by atoms with E-state index in [1.807, 2.05) is 30.4 Å². The van der Waals surface area contributed by atoms with Crippen LogP contribution in [0.25, 0.3) is 0 Å². The molecule has 4 atom stereocenters. The van der Waals surface area contributed by atoms with Crippen molar-refractivity contribution in [2.45, 2.75) is 19.5 Å². The summed E-state index contributed by atoms with van der Waals surface area (Å²) >= 11 is 0. The molecule has 1 amide bonds. The number of amides is 1. The zero-order valence-corrected chi connectivity index (χ0v) is 17.0.